The van der Waals surface area contributed by atoms with Gasteiger partial charge in [-0.3, -0.25) is 14.5 Å². The summed E-state index contributed by atoms with van der Waals surface area (Å²) >= 11 is 0. The number of piperazine rings is 1. The van der Waals surface area contributed by atoms with Crippen LogP contribution in [0, 0.1) is 50.2 Å². The van der Waals surface area contributed by atoms with Crippen LogP contribution < -0.4 is 4.74 Å². The molecule has 0 aromatic heterocycles. The van der Waals surface area contributed by atoms with Crippen molar-refractivity contribution in [2.75, 3.05) is 39.8 Å². The fourth-order valence-electron chi connectivity index (χ4n) is 15.1. The zero-order chi connectivity index (χ0) is 43.2. The highest BCUT2D eigenvalue weighted by Crippen LogP contribution is 2.76. The molecule has 0 bridgehead atoms. The number of aliphatic hydroxyl groups is 1. The second-order valence-electron chi connectivity index (χ2n) is 22.6. The Balaban J connectivity index is 0.909. The molecule has 3 aromatic rings. The Kier molecular flexibility index (Phi) is 10.6. The van der Waals surface area contributed by atoms with Gasteiger partial charge in [0.25, 0.3) is 0 Å². The van der Waals surface area contributed by atoms with Crippen molar-refractivity contribution in [3.63, 3.8) is 0 Å². The van der Waals surface area contributed by atoms with Crippen molar-refractivity contribution in [3.05, 3.63) is 84.0 Å². The Labute approximate surface area is 366 Å². The van der Waals surface area contributed by atoms with Gasteiger partial charge in [0.05, 0.1) is 25.2 Å². The lowest BCUT2D eigenvalue weighted by molar-refractivity contribution is -0.204. The van der Waals surface area contributed by atoms with Gasteiger partial charge >= 0.3 is 0 Å². The van der Waals surface area contributed by atoms with Crippen molar-refractivity contribution in [3.8, 4) is 16.9 Å². The highest BCUT2D eigenvalue weighted by molar-refractivity contribution is 6.01. The van der Waals surface area contributed by atoms with Gasteiger partial charge in [-0.1, -0.05) is 115 Å². The molecule has 0 spiro atoms. The monoisotopic (exact) mass is 825 g/mol. The minimum Gasteiger partial charge on any atom is -0.496 e. The highest BCUT2D eigenvalue weighted by Gasteiger charge is 2.69. The standard InChI is InChI=1S/C55H72N2O4/c1-50(2)27-29-55(30-28-53(6)43(44(55)35-50)21-22-47-52(5)25-24-48(59)51(3,4)46(52)23-26-54(47,53)7)49(60)57-33-31-56(32-34-57)36-38(58)19-20-42-41(17-12-18-45(42)61-8)40-16-11-14-37-13-9-10-15-39(37)40/h9-21,44,46-48,59H,22-36H2,1-8H3/b20-19+/t44-,46-,47+,48-,52-,53+,54+,55-/m0/s1. The number of rotatable bonds is 7. The van der Waals surface area contributed by atoms with Crippen LogP contribution in [-0.4, -0.2) is 72.5 Å². The predicted octanol–water partition coefficient (Wildman–Crippen LogP) is 11.4. The summed E-state index contributed by atoms with van der Waals surface area (Å²) in [7, 11) is 1.68. The molecule has 6 heteroatoms. The molecule has 9 rings (SSSR count). The van der Waals surface area contributed by atoms with Gasteiger partial charge < -0.3 is 14.7 Å². The van der Waals surface area contributed by atoms with E-state index in [4.69, 9.17) is 4.74 Å². The lowest BCUT2D eigenvalue weighted by Gasteiger charge is -2.71. The number of amides is 1. The fourth-order valence-corrected chi connectivity index (χ4v) is 15.1. The lowest BCUT2D eigenvalue weighted by atomic mass is 9.33. The first-order valence-corrected chi connectivity index (χ1v) is 23.7. The van der Waals surface area contributed by atoms with Gasteiger partial charge in [-0.2, -0.15) is 0 Å². The van der Waals surface area contributed by atoms with Gasteiger partial charge in [0.2, 0.25) is 5.91 Å². The number of methoxy groups -OCH3 is 1. The zero-order valence-electron chi connectivity index (χ0n) is 38.5. The number of nitrogens with zero attached hydrogens (tertiary/aromatic N) is 2. The number of carbonyl (C=O) groups is 2. The normalized spacial score (nSPS) is 35.7. The number of fused-ring (bicyclic) bond motifs is 8. The highest BCUT2D eigenvalue weighted by atomic mass is 16.5. The number of ether oxygens (including phenoxy) is 1. The molecule has 1 amide bonds. The molecule has 5 fully saturated rings. The average Bonchev–Trinajstić information content (AvgIpc) is 3.24. The van der Waals surface area contributed by atoms with E-state index in [1.807, 2.05) is 18.2 Å². The van der Waals surface area contributed by atoms with Gasteiger partial charge in [-0.15, -0.1) is 0 Å². The van der Waals surface area contributed by atoms with Gasteiger partial charge in [0.1, 0.15) is 5.75 Å². The van der Waals surface area contributed by atoms with E-state index in [9.17, 15) is 9.90 Å². The fraction of sp³-hybridized carbons (Fsp3) is 0.600. The van der Waals surface area contributed by atoms with Crippen LogP contribution in [-0.2, 0) is 9.59 Å². The topological polar surface area (TPSA) is 70.1 Å². The molecule has 6 nitrogen and oxygen atoms in total. The maximum absolute atomic E-state index is 15.2. The Morgan fingerprint density at radius 2 is 1.49 bits per heavy atom. The van der Waals surface area contributed by atoms with Crippen LogP contribution in [0.15, 0.2) is 78.4 Å². The number of allylic oxidation sites excluding steroid dienone is 2. The van der Waals surface area contributed by atoms with Gasteiger partial charge in [-0.25, -0.2) is 0 Å². The average molecular weight is 825 g/mol. The summed E-state index contributed by atoms with van der Waals surface area (Å²) < 4.78 is 5.81. The van der Waals surface area contributed by atoms with Crippen molar-refractivity contribution in [1.29, 1.82) is 0 Å². The van der Waals surface area contributed by atoms with Gasteiger partial charge in [0.15, 0.2) is 5.78 Å². The Morgan fingerprint density at radius 1 is 0.787 bits per heavy atom. The van der Waals surface area contributed by atoms with Crippen molar-refractivity contribution in [2.45, 2.75) is 119 Å². The first kappa shape index (κ1) is 42.6. The molecule has 8 atom stereocenters. The van der Waals surface area contributed by atoms with E-state index in [1.165, 1.54) is 18.2 Å². The summed E-state index contributed by atoms with van der Waals surface area (Å²) in [6.45, 7) is 20.5. The van der Waals surface area contributed by atoms with Crippen LogP contribution in [0.4, 0.5) is 0 Å². The second-order valence-corrected chi connectivity index (χ2v) is 22.6. The molecule has 3 aromatic carbocycles. The first-order valence-electron chi connectivity index (χ1n) is 23.7. The molecule has 4 saturated carbocycles. The molecular formula is C55H72N2O4. The van der Waals surface area contributed by atoms with Crippen molar-refractivity contribution in [1.82, 2.24) is 9.80 Å². The quantitative estimate of drug-likeness (QED) is 0.190. The van der Waals surface area contributed by atoms with E-state index in [0.29, 0.717) is 50.5 Å². The summed E-state index contributed by atoms with van der Waals surface area (Å²) in [6, 6.07) is 20.8. The summed E-state index contributed by atoms with van der Waals surface area (Å²) in [5, 5.41) is 13.5. The summed E-state index contributed by atoms with van der Waals surface area (Å²) in [6.07, 6.45) is 16.8. The van der Waals surface area contributed by atoms with Crippen molar-refractivity contribution in [2.24, 2.45) is 50.2 Å². The van der Waals surface area contributed by atoms with Crippen molar-refractivity contribution < 1.29 is 19.4 Å². The predicted molar refractivity (Wildman–Crippen MR) is 248 cm³/mol. The Bertz CT molecular complexity index is 2260. The Morgan fingerprint density at radius 3 is 2.26 bits per heavy atom. The van der Waals surface area contributed by atoms with Gasteiger partial charge in [0, 0.05) is 31.7 Å². The molecule has 1 aliphatic heterocycles. The van der Waals surface area contributed by atoms with E-state index >= 15 is 4.79 Å². The maximum Gasteiger partial charge on any atom is 0.229 e. The summed E-state index contributed by atoms with van der Waals surface area (Å²) in [5.41, 5.74) is 4.90. The second kappa shape index (κ2) is 15.2. The molecule has 0 radical (unpaired) electrons. The molecule has 1 heterocycles. The number of carbonyl (C=O) groups excluding carboxylic acids is 2. The van der Waals surface area contributed by atoms with Crippen LogP contribution >= 0.6 is 0 Å². The third-order valence-corrected chi connectivity index (χ3v) is 18.9. The number of benzene rings is 3. The largest absolute Gasteiger partial charge is 0.496 e. The minimum absolute atomic E-state index is 0.0567. The molecule has 0 unspecified atom stereocenters. The molecule has 1 saturated heterocycles. The molecule has 6 aliphatic rings. The lowest BCUT2D eigenvalue weighted by Crippen LogP contribution is -2.66. The van der Waals surface area contributed by atoms with Crippen LogP contribution in [0.5, 0.6) is 5.75 Å². The smallest absolute Gasteiger partial charge is 0.229 e. The third kappa shape index (κ3) is 6.70. The number of hydrogen-bond donors (Lipinski definition) is 1. The molecule has 5 aliphatic carbocycles. The molecule has 61 heavy (non-hydrogen) atoms. The molecule has 1 N–H and O–H groups in total. The molecular weight excluding hydrogens is 753 g/mol. The maximum atomic E-state index is 15.2. The van der Waals surface area contributed by atoms with Crippen LogP contribution in [0.2, 0.25) is 0 Å². The summed E-state index contributed by atoms with van der Waals surface area (Å²) in [4.78, 5) is 33.3. The number of ketones is 1. The van der Waals surface area contributed by atoms with E-state index < -0.39 is 0 Å². The number of hydrogen-bond acceptors (Lipinski definition) is 5. The van der Waals surface area contributed by atoms with Crippen LogP contribution in [0.1, 0.15) is 118 Å². The first-order chi connectivity index (χ1) is 29.0. The van der Waals surface area contributed by atoms with Crippen molar-refractivity contribution >= 4 is 28.5 Å². The third-order valence-electron chi connectivity index (χ3n) is 18.9. The SMILES string of the molecule is COc1cccc(-c2cccc3ccccc23)c1/C=C/C(=O)CN1CCN(C(=O)[C@]23CCC(C)(C)C[C@H]2C2=CC[C@@H]4[C@@]5(C)CC[C@H](O)C(C)(C)[C@@H]5CC[C@@]4(C)[C@]2(C)CC3)CC1. The van der Waals surface area contributed by atoms with E-state index in [1.54, 1.807) is 18.8 Å². The van der Waals surface area contributed by atoms with Crippen LogP contribution in [0.25, 0.3) is 28.0 Å². The van der Waals surface area contributed by atoms with E-state index in [-0.39, 0.29) is 50.3 Å². The number of aliphatic hydroxyl groups excluding tert-OH is 1. The zero-order valence-corrected chi connectivity index (χ0v) is 38.5. The summed E-state index contributed by atoms with van der Waals surface area (Å²) in [5.74, 6) is 2.57. The van der Waals surface area contributed by atoms with E-state index in [2.05, 4.69) is 113 Å². The van der Waals surface area contributed by atoms with Crippen LogP contribution in [0.3, 0.4) is 0 Å². The molecule has 326 valence electrons. The minimum atomic E-state index is -0.348. The van der Waals surface area contributed by atoms with Gasteiger partial charge in [-0.05, 0) is 149 Å². The van der Waals surface area contributed by atoms with E-state index in [0.717, 1.165) is 79.2 Å². The Hall–Kier alpha value is -3.74.